The molecule has 0 bridgehead atoms. The van der Waals surface area contributed by atoms with Gasteiger partial charge in [0.15, 0.2) is 13.2 Å². The van der Waals surface area contributed by atoms with Crippen LogP contribution in [0.3, 0.4) is 0 Å². The average molecular weight is 244 g/mol. The van der Waals surface area contributed by atoms with Crippen LogP contribution in [-0.4, -0.2) is 25.2 Å². The van der Waals surface area contributed by atoms with Crippen molar-refractivity contribution in [1.29, 1.82) is 10.5 Å². The van der Waals surface area contributed by atoms with Gasteiger partial charge in [-0.1, -0.05) is 0 Å². The van der Waals surface area contributed by atoms with Crippen LogP contribution in [0, 0.1) is 22.7 Å². The molecule has 0 fully saturated rings. The van der Waals surface area contributed by atoms with Crippen LogP contribution in [0.2, 0.25) is 0 Å². The molecule has 0 saturated carbocycles. The molecule has 0 amide bonds. The number of carbonyl (C=O) groups is 2. The molecule has 0 atom stereocenters. The maximum Gasteiger partial charge on any atom is 0.339 e. The van der Waals surface area contributed by atoms with Crippen molar-refractivity contribution in [3.63, 3.8) is 0 Å². The SMILES string of the molecule is N#CCOC(=O)c1ccc(C(=O)OCC#N)cc1. The van der Waals surface area contributed by atoms with E-state index in [-0.39, 0.29) is 24.3 Å². The van der Waals surface area contributed by atoms with E-state index in [2.05, 4.69) is 9.47 Å². The van der Waals surface area contributed by atoms with Crippen molar-refractivity contribution in [3.05, 3.63) is 35.4 Å². The van der Waals surface area contributed by atoms with Gasteiger partial charge < -0.3 is 9.47 Å². The van der Waals surface area contributed by atoms with E-state index in [0.717, 1.165) is 0 Å². The fraction of sp³-hybridized carbons (Fsp3) is 0.167. The smallest absolute Gasteiger partial charge is 0.339 e. The van der Waals surface area contributed by atoms with Gasteiger partial charge in [0.1, 0.15) is 12.1 Å². The van der Waals surface area contributed by atoms with Crippen LogP contribution in [0.25, 0.3) is 0 Å². The van der Waals surface area contributed by atoms with E-state index in [0.29, 0.717) is 0 Å². The third-order valence-electron chi connectivity index (χ3n) is 1.89. The lowest BCUT2D eigenvalue weighted by Gasteiger charge is -2.02. The largest absolute Gasteiger partial charge is 0.447 e. The van der Waals surface area contributed by atoms with Crippen molar-refractivity contribution in [2.24, 2.45) is 0 Å². The molecule has 0 spiro atoms. The molecule has 0 aliphatic rings. The summed E-state index contributed by atoms with van der Waals surface area (Å²) in [4.78, 5) is 22.6. The van der Waals surface area contributed by atoms with Crippen LogP contribution in [0.1, 0.15) is 20.7 Å². The summed E-state index contributed by atoms with van der Waals surface area (Å²) in [6, 6.07) is 8.86. The summed E-state index contributed by atoms with van der Waals surface area (Å²) < 4.78 is 9.17. The Morgan fingerprint density at radius 2 is 1.22 bits per heavy atom. The fourth-order valence-electron chi connectivity index (χ4n) is 1.10. The minimum Gasteiger partial charge on any atom is -0.447 e. The van der Waals surface area contributed by atoms with Gasteiger partial charge in [-0.25, -0.2) is 9.59 Å². The van der Waals surface area contributed by atoms with Crippen LogP contribution in [0.4, 0.5) is 0 Å². The van der Waals surface area contributed by atoms with Gasteiger partial charge in [-0.3, -0.25) is 0 Å². The molecule has 0 heterocycles. The number of carbonyl (C=O) groups excluding carboxylic acids is 2. The van der Waals surface area contributed by atoms with E-state index in [1.165, 1.54) is 24.3 Å². The summed E-state index contributed by atoms with van der Waals surface area (Å²) in [5.41, 5.74) is 0.448. The topological polar surface area (TPSA) is 100 Å². The zero-order valence-corrected chi connectivity index (χ0v) is 9.25. The first kappa shape index (κ1) is 13.2. The van der Waals surface area contributed by atoms with Gasteiger partial charge in [-0.15, -0.1) is 0 Å². The first-order valence-corrected chi connectivity index (χ1v) is 4.87. The molecule has 0 aromatic heterocycles. The number of benzene rings is 1. The minimum absolute atomic E-state index is 0.224. The molecule has 0 radical (unpaired) electrons. The fourth-order valence-corrected chi connectivity index (χ4v) is 1.10. The van der Waals surface area contributed by atoms with Gasteiger partial charge in [0.2, 0.25) is 0 Å². The van der Waals surface area contributed by atoms with E-state index < -0.39 is 11.9 Å². The Morgan fingerprint density at radius 3 is 1.50 bits per heavy atom. The van der Waals surface area contributed by atoms with Gasteiger partial charge in [0.25, 0.3) is 0 Å². The van der Waals surface area contributed by atoms with Crippen molar-refractivity contribution in [3.8, 4) is 12.1 Å². The average Bonchev–Trinajstić information content (AvgIpc) is 2.42. The standard InChI is InChI=1S/C12H8N2O4/c13-5-7-17-11(15)9-1-2-10(4-3-9)12(16)18-8-6-14/h1-4H,7-8H2. The molecule has 0 saturated heterocycles. The molecule has 0 aliphatic carbocycles. The summed E-state index contributed by atoms with van der Waals surface area (Å²) in [6.07, 6.45) is 0. The monoisotopic (exact) mass is 244 g/mol. The van der Waals surface area contributed by atoms with Crippen LogP contribution >= 0.6 is 0 Å². The first-order chi connectivity index (χ1) is 8.69. The summed E-state index contributed by atoms with van der Waals surface area (Å²) in [5, 5.41) is 16.5. The third kappa shape index (κ3) is 3.62. The third-order valence-corrected chi connectivity index (χ3v) is 1.89. The van der Waals surface area contributed by atoms with Gasteiger partial charge in [0, 0.05) is 0 Å². The van der Waals surface area contributed by atoms with Gasteiger partial charge in [-0.05, 0) is 24.3 Å². The number of nitrogens with zero attached hydrogens (tertiary/aromatic N) is 2. The van der Waals surface area contributed by atoms with Crippen LogP contribution in [0.15, 0.2) is 24.3 Å². The minimum atomic E-state index is -0.645. The molecule has 0 N–H and O–H groups in total. The molecular formula is C12H8N2O4. The lowest BCUT2D eigenvalue weighted by molar-refractivity contribution is 0.0540. The number of esters is 2. The number of hydrogen-bond donors (Lipinski definition) is 0. The van der Waals surface area contributed by atoms with E-state index in [1.54, 1.807) is 12.1 Å². The van der Waals surface area contributed by atoms with E-state index in [4.69, 9.17) is 10.5 Å². The molecule has 18 heavy (non-hydrogen) atoms. The highest BCUT2D eigenvalue weighted by Gasteiger charge is 2.10. The molecule has 6 heteroatoms. The normalized spacial score (nSPS) is 8.78. The summed E-state index contributed by atoms with van der Waals surface area (Å²) in [6.45, 7) is -0.657. The van der Waals surface area contributed by atoms with Crippen molar-refractivity contribution in [2.45, 2.75) is 0 Å². The number of hydrogen-bond acceptors (Lipinski definition) is 6. The molecule has 1 aromatic rings. The Bertz CT molecular complexity index is 473. The van der Waals surface area contributed by atoms with Crippen molar-refractivity contribution < 1.29 is 19.1 Å². The summed E-state index contributed by atoms with van der Waals surface area (Å²) in [5.74, 6) is -1.29. The quantitative estimate of drug-likeness (QED) is 0.733. The maximum atomic E-state index is 11.3. The van der Waals surface area contributed by atoms with Crippen LogP contribution in [-0.2, 0) is 9.47 Å². The Labute approximate surface area is 103 Å². The Hall–Kier alpha value is -2.86. The maximum absolute atomic E-state index is 11.3. The van der Waals surface area contributed by atoms with Gasteiger partial charge in [0.05, 0.1) is 11.1 Å². The molecule has 90 valence electrons. The lowest BCUT2D eigenvalue weighted by atomic mass is 10.1. The van der Waals surface area contributed by atoms with E-state index in [1.807, 2.05) is 0 Å². The molecule has 0 aliphatic heterocycles. The van der Waals surface area contributed by atoms with E-state index in [9.17, 15) is 9.59 Å². The lowest BCUT2D eigenvalue weighted by Crippen LogP contribution is -2.08. The molecular weight excluding hydrogens is 236 g/mol. The zero-order valence-electron chi connectivity index (χ0n) is 9.25. The molecule has 1 aromatic carbocycles. The predicted molar refractivity (Wildman–Crippen MR) is 58.2 cm³/mol. The molecule has 6 nitrogen and oxygen atoms in total. The van der Waals surface area contributed by atoms with Crippen molar-refractivity contribution in [2.75, 3.05) is 13.2 Å². The Kier molecular flexibility index (Phi) is 4.89. The highest BCUT2D eigenvalue weighted by molar-refractivity contribution is 5.93. The summed E-state index contributed by atoms with van der Waals surface area (Å²) >= 11 is 0. The molecule has 0 unspecified atom stereocenters. The van der Waals surface area contributed by atoms with Gasteiger partial charge >= 0.3 is 11.9 Å². The predicted octanol–water partition coefficient (Wildman–Crippen LogP) is 1.05. The number of rotatable bonds is 4. The Balaban J connectivity index is 2.69. The number of nitriles is 2. The second kappa shape index (κ2) is 6.66. The highest BCUT2D eigenvalue weighted by atomic mass is 16.5. The van der Waals surface area contributed by atoms with Crippen LogP contribution < -0.4 is 0 Å². The summed E-state index contributed by atoms with van der Waals surface area (Å²) in [7, 11) is 0. The van der Waals surface area contributed by atoms with Gasteiger partial charge in [-0.2, -0.15) is 10.5 Å². The van der Waals surface area contributed by atoms with Crippen LogP contribution in [0.5, 0.6) is 0 Å². The molecule has 1 rings (SSSR count). The number of ether oxygens (including phenoxy) is 2. The second-order valence-corrected chi connectivity index (χ2v) is 3.05. The van der Waals surface area contributed by atoms with Crippen molar-refractivity contribution in [1.82, 2.24) is 0 Å². The first-order valence-electron chi connectivity index (χ1n) is 4.87. The van der Waals surface area contributed by atoms with E-state index >= 15 is 0 Å². The highest BCUT2D eigenvalue weighted by Crippen LogP contribution is 2.07. The zero-order chi connectivity index (χ0) is 13.4. The van der Waals surface area contributed by atoms with Crippen molar-refractivity contribution >= 4 is 11.9 Å². The second-order valence-electron chi connectivity index (χ2n) is 3.05. The Morgan fingerprint density at radius 1 is 0.889 bits per heavy atom.